The molecule has 6 heteroatoms. The number of Topliss-reactive ketones (excluding diaryl/α,β-unsaturated/α-hetero) is 1. The molecule has 116 valence electrons. The normalized spacial score (nSPS) is 15.5. The number of hydrogen-bond acceptors (Lipinski definition) is 4. The first kappa shape index (κ1) is 15.2. The van der Waals surface area contributed by atoms with Crippen LogP contribution < -0.4 is 0 Å². The zero-order valence-corrected chi connectivity index (χ0v) is 12.7. The second-order valence-corrected chi connectivity index (χ2v) is 5.72. The molecule has 0 unspecified atom stereocenters. The van der Waals surface area contributed by atoms with Gasteiger partial charge >= 0.3 is 0 Å². The number of phenols is 1. The summed E-state index contributed by atoms with van der Waals surface area (Å²) in [7, 11) is 0. The molecule has 0 spiro atoms. The van der Waals surface area contributed by atoms with Gasteiger partial charge in [-0.2, -0.15) is 0 Å². The maximum absolute atomic E-state index is 12.5. The van der Waals surface area contributed by atoms with Crippen LogP contribution in [0, 0.1) is 10.1 Å². The number of hydrogen-bond donors (Lipinski definition) is 1. The Morgan fingerprint density at radius 1 is 1.17 bits per heavy atom. The van der Waals surface area contributed by atoms with Crippen molar-refractivity contribution in [3.8, 4) is 5.75 Å². The first-order valence-electron chi connectivity index (χ1n) is 6.97. The van der Waals surface area contributed by atoms with E-state index < -0.39 is 4.92 Å². The Morgan fingerprint density at radius 2 is 1.96 bits per heavy atom. The highest BCUT2D eigenvalue weighted by Crippen LogP contribution is 2.31. The average molecular weight is 330 g/mol. The van der Waals surface area contributed by atoms with Gasteiger partial charge in [-0.3, -0.25) is 14.9 Å². The van der Waals surface area contributed by atoms with Crippen LogP contribution in [0.2, 0.25) is 5.02 Å². The van der Waals surface area contributed by atoms with Gasteiger partial charge in [0.1, 0.15) is 10.8 Å². The highest BCUT2D eigenvalue weighted by atomic mass is 35.5. The Balaban J connectivity index is 1.98. The summed E-state index contributed by atoms with van der Waals surface area (Å²) in [4.78, 5) is 22.9. The molecule has 1 N–H and O–H groups in total. The number of allylic oxidation sites excluding steroid dienone is 1. The van der Waals surface area contributed by atoms with Crippen molar-refractivity contribution in [2.45, 2.75) is 12.8 Å². The molecule has 0 fully saturated rings. The third-order valence-corrected chi connectivity index (χ3v) is 4.12. The third-order valence-electron chi connectivity index (χ3n) is 3.80. The van der Waals surface area contributed by atoms with Crippen molar-refractivity contribution in [2.75, 3.05) is 0 Å². The summed E-state index contributed by atoms with van der Waals surface area (Å²) in [6.07, 6.45) is 2.81. The molecular weight excluding hydrogens is 318 g/mol. The lowest BCUT2D eigenvalue weighted by Gasteiger charge is -2.17. The van der Waals surface area contributed by atoms with Crippen molar-refractivity contribution >= 4 is 29.1 Å². The van der Waals surface area contributed by atoms with Gasteiger partial charge in [-0.05, 0) is 54.3 Å². The fraction of sp³-hybridized carbons (Fsp3) is 0.118. The fourth-order valence-electron chi connectivity index (χ4n) is 2.66. The van der Waals surface area contributed by atoms with Crippen LogP contribution in [-0.4, -0.2) is 15.8 Å². The van der Waals surface area contributed by atoms with E-state index >= 15 is 0 Å². The summed E-state index contributed by atoms with van der Waals surface area (Å²) in [5, 5.41) is 20.5. The monoisotopic (exact) mass is 329 g/mol. The number of fused-ring (bicyclic) bond motifs is 1. The molecule has 0 radical (unpaired) electrons. The Morgan fingerprint density at radius 3 is 2.70 bits per heavy atom. The Labute approximate surface area is 137 Å². The predicted octanol–water partition coefficient (Wildman–Crippen LogP) is 4.17. The van der Waals surface area contributed by atoms with Gasteiger partial charge in [0.25, 0.3) is 5.69 Å². The van der Waals surface area contributed by atoms with Crippen LogP contribution in [0.5, 0.6) is 5.75 Å². The lowest BCUT2D eigenvalue weighted by molar-refractivity contribution is -0.384. The molecule has 2 aromatic carbocycles. The summed E-state index contributed by atoms with van der Waals surface area (Å²) in [5.74, 6) is 0.0150. The molecule has 0 bridgehead atoms. The minimum atomic E-state index is -0.550. The largest absolute Gasteiger partial charge is 0.508 e. The summed E-state index contributed by atoms with van der Waals surface area (Å²) in [6, 6.07) is 9.12. The number of phenolic OH excluding ortho intramolecular Hbond substituents is 1. The molecule has 1 aliphatic rings. The van der Waals surface area contributed by atoms with Gasteiger partial charge in [-0.15, -0.1) is 0 Å². The lowest BCUT2D eigenvalue weighted by atomic mass is 9.86. The van der Waals surface area contributed by atoms with E-state index in [1.165, 1.54) is 18.2 Å². The number of carbonyl (C=O) groups is 1. The summed E-state index contributed by atoms with van der Waals surface area (Å²) in [6.45, 7) is 0. The minimum Gasteiger partial charge on any atom is -0.508 e. The van der Waals surface area contributed by atoms with Crippen LogP contribution >= 0.6 is 11.6 Å². The van der Waals surface area contributed by atoms with E-state index in [-0.39, 0.29) is 22.2 Å². The number of benzene rings is 2. The number of nitrogens with zero attached hydrogens (tertiary/aromatic N) is 1. The van der Waals surface area contributed by atoms with Crippen LogP contribution in [-0.2, 0) is 6.42 Å². The fourth-order valence-corrected chi connectivity index (χ4v) is 2.85. The number of carbonyl (C=O) groups excluding carboxylic acids is 1. The lowest BCUT2D eigenvalue weighted by Crippen LogP contribution is -2.13. The van der Waals surface area contributed by atoms with Crippen molar-refractivity contribution in [3.05, 3.63) is 73.8 Å². The maximum Gasteiger partial charge on any atom is 0.288 e. The van der Waals surface area contributed by atoms with E-state index in [0.717, 1.165) is 5.56 Å². The van der Waals surface area contributed by atoms with Crippen LogP contribution in [0.4, 0.5) is 5.69 Å². The first-order chi connectivity index (χ1) is 11.0. The molecule has 23 heavy (non-hydrogen) atoms. The summed E-state index contributed by atoms with van der Waals surface area (Å²) < 4.78 is 0. The zero-order valence-electron chi connectivity index (χ0n) is 12.0. The van der Waals surface area contributed by atoms with Gasteiger partial charge in [0.05, 0.1) is 4.92 Å². The summed E-state index contributed by atoms with van der Waals surface area (Å²) >= 11 is 5.79. The SMILES string of the molecule is O=C1/C(=C/c2ccc(Cl)c([N+](=O)[O-])c2)CCc2cc(O)ccc21. The average Bonchev–Trinajstić information content (AvgIpc) is 2.51. The molecule has 0 aliphatic heterocycles. The van der Waals surface area contributed by atoms with Gasteiger partial charge in [-0.1, -0.05) is 17.7 Å². The second kappa shape index (κ2) is 5.85. The quantitative estimate of drug-likeness (QED) is 0.509. The smallest absolute Gasteiger partial charge is 0.288 e. The molecule has 3 rings (SSSR count). The zero-order chi connectivity index (χ0) is 16.6. The summed E-state index contributed by atoms with van der Waals surface area (Å²) in [5.41, 5.74) is 2.33. The second-order valence-electron chi connectivity index (χ2n) is 5.31. The van der Waals surface area contributed by atoms with E-state index in [1.807, 2.05) is 0 Å². The van der Waals surface area contributed by atoms with Crippen LogP contribution in [0.25, 0.3) is 6.08 Å². The minimum absolute atomic E-state index is 0.0629. The molecule has 1 aliphatic carbocycles. The number of rotatable bonds is 2. The molecule has 0 atom stereocenters. The van der Waals surface area contributed by atoms with Gasteiger partial charge < -0.3 is 5.11 Å². The van der Waals surface area contributed by atoms with E-state index in [2.05, 4.69) is 0 Å². The maximum atomic E-state index is 12.5. The Hall–Kier alpha value is -2.66. The molecule has 2 aromatic rings. The van der Waals surface area contributed by atoms with Gasteiger partial charge in [0.2, 0.25) is 0 Å². The molecule has 0 aromatic heterocycles. The van der Waals surface area contributed by atoms with Crippen LogP contribution in [0.1, 0.15) is 27.9 Å². The molecule has 0 saturated heterocycles. The number of aromatic hydroxyl groups is 1. The van der Waals surface area contributed by atoms with Crippen molar-refractivity contribution in [3.63, 3.8) is 0 Å². The van der Waals surface area contributed by atoms with E-state index in [4.69, 9.17) is 11.6 Å². The van der Waals surface area contributed by atoms with Gasteiger partial charge in [0.15, 0.2) is 5.78 Å². The van der Waals surface area contributed by atoms with Crippen molar-refractivity contribution in [2.24, 2.45) is 0 Å². The Bertz CT molecular complexity index is 858. The first-order valence-corrected chi connectivity index (χ1v) is 7.34. The number of nitro groups is 1. The standard InChI is InChI=1S/C17H12ClNO4/c18-15-6-1-10(8-16(15)19(22)23)7-12-3-2-11-9-13(20)4-5-14(11)17(12)21/h1,4-9,20H,2-3H2/b12-7+. The molecule has 0 amide bonds. The van der Waals surface area contributed by atoms with E-state index in [0.29, 0.717) is 29.5 Å². The van der Waals surface area contributed by atoms with Crippen molar-refractivity contribution < 1.29 is 14.8 Å². The van der Waals surface area contributed by atoms with Gasteiger partial charge in [0, 0.05) is 17.2 Å². The highest BCUT2D eigenvalue weighted by Gasteiger charge is 2.22. The third kappa shape index (κ3) is 2.96. The predicted molar refractivity (Wildman–Crippen MR) is 86.8 cm³/mol. The van der Waals surface area contributed by atoms with Crippen LogP contribution in [0.3, 0.4) is 0 Å². The number of ketones is 1. The molecule has 0 saturated carbocycles. The van der Waals surface area contributed by atoms with Crippen molar-refractivity contribution in [1.29, 1.82) is 0 Å². The Kier molecular flexibility index (Phi) is 3.88. The molecule has 5 nitrogen and oxygen atoms in total. The topological polar surface area (TPSA) is 80.4 Å². The van der Waals surface area contributed by atoms with E-state index in [9.17, 15) is 20.0 Å². The number of aryl methyl sites for hydroxylation is 1. The van der Waals surface area contributed by atoms with Crippen LogP contribution in [0.15, 0.2) is 42.0 Å². The van der Waals surface area contributed by atoms with E-state index in [1.54, 1.807) is 24.3 Å². The number of nitro benzene ring substituents is 1. The molecule has 0 heterocycles. The van der Waals surface area contributed by atoms with Gasteiger partial charge in [-0.25, -0.2) is 0 Å². The van der Waals surface area contributed by atoms with Crippen molar-refractivity contribution in [1.82, 2.24) is 0 Å². The molecular formula is C17H12ClNO4. The number of halogens is 1. The highest BCUT2D eigenvalue weighted by molar-refractivity contribution is 6.32.